The van der Waals surface area contributed by atoms with E-state index >= 15 is 0 Å². The highest BCUT2D eigenvalue weighted by Crippen LogP contribution is 2.36. The van der Waals surface area contributed by atoms with Crippen LogP contribution in [0, 0.1) is 6.92 Å². The Labute approximate surface area is 178 Å². The van der Waals surface area contributed by atoms with E-state index in [9.17, 15) is 4.79 Å². The number of aromatic nitrogens is 3. The number of carbonyl (C=O) groups is 1. The molecule has 3 heterocycles. The highest BCUT2D eigenvalue weighted by atomic mass is 35.5. The number of halogens is 1. The van der Waals surface area contributed by atoms with E-state index in [1.165, 1.54) is 0 Å². The second kappa shape index (κ2) is 8.47. The zero-order chi connectivity index (χ0) is 20.4. The Morgan fingerprint density at radius 1 is 1.28 bits per heavy atom. The predicted octanol–water partition coefficient (Wildman–Crippen LogP) is 4.44. The van der Waals surface area contributed by atoms with Gasteiger partial charge < -0.3 is 10.6 Å². The van der Waals surface area contributed by atoms with Crippen LogP contribution in [-0.2, 0) is 11.2 Å². The number of nitrogens with zero attached hydrogens (tertiary/aromatic N) is 4. The molecule has 1 aromatic carbocycles. The molecule has 2 N–H and O–H groups in total. The second-order valence-corrected chi connectivity index (χ2v) is 8.67. The van der Waals surface area contributed by atoms with Crippen LogP contribution in [0.15, 0.2) is 35.8 Å². The molecule has 1 amide bonds. The van der Waals surface area contributed by atoms with Crippen LogP contribution in [0.5, 0.6) is 0 Å². The van der Waals surface area contributed by atoms with Crippen molar-refractivity contribution in [3.63, 3.8) is 0 Å². The van der Waals surface area contributed by atoms with E-state index in [1.807, 2.05) is 41.5 Å². The highest BCUT2D eigenvalue weighted by Gasteiger charge is 2.31. The van der Waals surface area contributed by atoms with Gasteiger partial charge in [0, 0.05) is 28.7 Å². The maximum Gasteiger partial charge on any atom is 0.229 e. The summed E-state index contributed by atoms with van der Waals surface area (Å²) in [6.45, 7) is 2.65. The second-order valence-electron chi connectivity index (χ2n) is 7.17. The van der Waals surface area contributed by atoms with Crippen LogP contribution in [0.2, 0.25) is 5.02 Å². The number of nitrogens with two attached hydrogens (primary N) is 1. The summed E-state index contributed by atoms with van der Waals surface area (Å²) >= 11 is 7.61. The first-order valence-electron chi connectivity index (χ1n) is 9.60. The quantitative estimate of drug-likeness (QED) is 0.665. The van der Waals surface area contributed by atoms with Crippen LogP contribution in [0.25, 0.3) is 11.1 Å². The topological polar surface area (TPSA) is 85.0 Å². The van der Waals surface area contributed by atoms with Gasteiger partial charge in [0.1, 0.15) is 0 Å². The number of aryl methyl sites for hydroxylation is 1. The fourth-order valence-electron chi connectivity index (χ4n) is 3.78. The van der Waals surface area contributed by atoms with Crippen molar-refractivity contribution in [3.8, 4) is 11.1 Å². The molecule has 1 saturated heterocycles. The Bertz CT molecular complexity index is 1020. The van der Waals surface area contributed by atoms with E-state index in [0.29, 0.717) is 18.0 Å². The monoisotopic (exact) mass is 427 g/mol. The van der Waals surface area contributed by atoms with E-state index in [1.54, 1.807) is 17.5 Å². The molecule has 3 aromatic rings. The Hall–Kier alpha value is -2.51. The van der Waals surface area contributed by atoms with Crippen molar-refractivity contribution in [2.24, 2.45) is 0 Å². The first-order chi connectivity index (χ1) is 14.0. The summed E-state index contributed by atoms with van der Waals surface area (Å²) in [6.07, 6.45) is 4.90. The van der Waals surface area contributed by atoms with Gasteiger partial charge in [-0.05, 0) is 43.9 Å². The van der Waals surface area contributed by atoms with Gasteiger partial charge in [-0.3, -0.25) is 4.79 Å². The summed E-state index contributed by atoms with van der Waals surface area (Å²) in [5, 5.41) is 3.59. The van der Waals surface area contributed by atoms with Crippen molar-refractivity contribution >= 4 is 34.8 Å². The Kier molecular flexibility index (Phi) is 5.78. The zero-order valence-electron chi connectivity index (χ0n) is 16.1. The molecule has 0 bridgehead atoms. The molecule has 0 spiro atoms. The molecule has 1 aliphatic heterocycles. The predicted molar refractivity (Wildman–Crippen MR) is 116 cm³/mol. The standard InChI is InChI=1S/C21H22ClN5OS/c1-13-25-16(12-29-13)10-19(28)27-9-3-2-4-18(27)20-17(11-24-21(23)26-20)14-5-7-15(22)8-6-14/h5-8,11-12,18H,2-4,9-10H2,1H3,(H2,23,24,26)/t18-/m0/s1. The van der Waals surface area contributed by atoms with E-state index in [4.69, 9.17) is 17.3 Å². The molecular weight excluding hydrogens is 406 g/mol. The molecule has 0 saturated carbocycles. The number of amides is 1. The van der Waals surface area contributed by atoms with Crippen LogP contribution in [-0.4, -0.2) is 32.3 Å². The molecule has 6 nitrogen and oxygen atoms in total. The molecule has 1 atom stereocenters. The summed E-state index contributed by atoms with van der Waals surface area (Å²) < 4.78 is 0. The summed E-state index contributed by atoms with van der Waals surface area (Å²) in [4.78, 5) is 28.3. The molecule has 29 heavy (non-hydrogen) atoms. The van der Waals surface area contributed by atoms with E-state index in [2.05, 4.69) is 15.0 Å². The van der Waals surface area contributed by atoms with Gasteiger partial charge in [-0.15, -0.1) is 11.3 Å². The lowest BCUT2D eigenvalue weighted by Gasteiger charge is -2.36. The molecule has 1 aliphatic rings. The number of hydrogen-bond acceptors (Lipinski definition) is 6. The van der Waals surface area contributed by atoms with Crippen LogP contribution in [0.3, 0.4) is 0 Å². The molecule has 0 unspecified atom stereocenters. The van der Waals surface area contributed by atoms with Crippen molar-refractivity contribution in [1.29, 1.82) is 0 Å². The lowest BCUT2D eigenvalue weighted by atomic mass is 9.93. The minimum atomic E-state index is -0.132. The van der Waals surface area contributed by atoms with Gasteiger partial charge in [-0.1, -0.05) is 23.7 Å². The fourth-order valence-corrected chi connectivity index (χ4v) is 4.51. The summed E-state index contributed by atoms with van der Waals surface area (Å²) in [6, 6.07) is 7.42. The van der Waals surface area contributed by atoms with Gasteiger partial charge in [-0.2, -0.15) is 0 Å². The number of piperidine rings is 1. The van der Waals surface area contributed by atoms with Crippen LogP contribution >= 0.6 is 22.9 Å². The lowest BCUT2D eigenvalue weighted by Crippen LogP contribution is -2.40. The Balaban J connectivity index is 1.68. The fraction of sp³-hybridized carbons (Fsp3) is 0.333. The molecule has 150 valence electrons. The highest BCUT2D eigenvalue weighted by molar-refractivity contribution is 7.09. The van der Waals surface area contributed by atoms with Crippen LogP contribution in [0.1, 0.15) is 41.7 Å². The summed E-state index contributed by atoms with van der Waals surface area (Å²) in [5.41, 5.74) is 9.38. The minimum absolute atomic E-state index is 0.0687. The Morgan fingerprint density at radius 2 is 2.07 bits per heavy atom. The largest absolute Gasteiger partial charge is 0.368 e. The van der Waals surface area contributed by atoms with Crippen LogP contribution < -0.4 is 5.73 Å². The van der Waals surface area contributed by atoms with E-state index in [-0.39, 0.29) is 17.9 Å². The number of benzene rings is 1. The van der Waals surface area contributed by atoms with Gasteiger partial charge >= 0.3 is 0 Å². The van der Waals surface area contributed by atoms with Crippen molar-refractivity contribution in [2.75, 3.05) is 12.3 Å². The van der Waals surface area contributed by atoms with Crippen LogP contribution in [0.4, 0.5) is 5.95 Å². The SMILES string of the molecule is Cc1nc(CC(=O)N2CCCC[C@H]2c2nc(N)ncc2-c2ccc(Cl)cc2)cs1. The third-order valence-corrected chi connectivity index (χ3v) is 6.20. The van der Waals surface area contributed by atoms with Crippen molar-refractivity contribution in [1.82, 2.24) is 19.9 Å². The van der Waals surface area contributed by atoms with Crippen molar-refractivity contribution in [2.45, 2.75) is 38.6 Å². The van der Waals surface area contributed by atoms with E-state index < -0.39 is 0 Å². The van der Waals surface area contributed by atoms with Crippen molar-refractivity contribution in [3.05, 3.63) is 57.3 Å². The van der Waals surface area contributed by atoms with Gasteiger partial charge in [-0.25, -0.2) is 15.0 Å². The number of carbonyl (C=O) groups excluding carboxylic acids is 1. The maximum atomic E-state index is 13.1. The van der Waals surface area contributed by atoms with Crippen molar-refractivity contribution < 1.29 is 4.79 Å². The average molecular weight is 428 g/mol. The maximum absolute atomic E-state index is 13.1. The first-order valence-corrected chi connectivity index (χ1v) is 10.9. The Morgan fingerprint density at radius 3 is 2.79 bits per heavy atom. The molecule has 2 aromatic heterocycles. The molecule has 8 heteroatoms. The van der Waals surface area contributed by atoms with E-state index in [0.717, 1.165) is 46.8 Å². The summed E-state index contributed by atoms with van der Waals surface area (Å²) in [7, 11) is 0. The lowest BCUT2D eigenvalue weighted by molar-refractivity contribution is -0.134. The minimum Gasteiger partial charge on any atom is -0.368 e. The molecule has 4 rings (SSSR count). The number of anilines is 1. The van der Waals surface area contributed by atoms with Gasteiger partial charge in [0.25, 0.3) is 0 Å². The van der Waals surface area contributed by atoms with Gasteiger partial charge in [0.05, 0.1) is 28.9 Å². The summed E-state index contributed by atoms with van der Waals surface area (Å²) in [5.74, 6) is 0.282. The number of likely N-dealkylation sites (tertiary alicyclic amines) is 1. The normalized spacial score (nSPS) is 16.8. The smallest absolute Gasteiger partial charge is 0.229 e. The third kappa shape index (κ3) is 4.41. The average Bonchev–Trinajstić information content (AvgIpc) is 3.13. The number of thiazole rings is 1. The molecule has 1 fully saturated rings. The number of hydrogen-bond donors (Lipinski definition) is 1. The third-order valence-electron chi connectivity index (χ3n) is 5.13. The zero-order valence-corrected chi connectivity index (χ0v) is 17.7. The molecule has 0 radical (unpaired) electrons. The first kappa shape index (κ1) is 19.8. The van der Waals surface area contributed by atoms with Gasteiger partial charge in [0.15, 0.2) is 0 Å². The molecule has 0 aliphatic carbocycles. The number of rotatable bonds is 4. The van der Waals surface area contributed by atoms with Gasteiger partial charge in [0.2, 0.25) is 11.9 Å². The molecular formula is C21H22ClN5OS. The number of nitrogen functional groups attached to an aromatic ring is 1.